The molecule has 0 spiro atoms. The number of H-pyrrole nitrogens is 1. The number of carbonyl (C=O) groups is 1. The Morgan fingerprint density at radius 3 is 2.83 bits per heavy atom. The number of hydrogen-bond acceptors (Lipinski definition) is 5. The Morgan fingerprint density at radius 1 is 1.50 bits per heavy atom. The Bertz CT molecular complexity index is 585. The largest absolute Gasteiger partial charge is 0.368 e. The summed E-state index contributed by atoms with van der Waals surface area (Å²) in [5.74, 6) is -0.596. The highest BCUT2D eigenvalue weighted by molar-refractivity contribution is 7.98. The van der Waals surface area contributed by atoms with Gasteiger partial charge in [-0.15, -0.1) is 5.10 Å². The van der Waals surface area contributed by atoms with Crippen LogP contribution in [-0.4, -0.2) is 21.1 Å². The number of carbonyl (C=O) groups excluding carboxylic acids is 1. The molecule has 6 nitrogen and oxygen atoms in total. The van der Waals surface area contributed by atoms with Crippen molar-refractivity contribution in [1.82, 2.24) is 15.2 Å². The molecule has 8 heteroatoms. The van der Waals surface area contributed by atoms with E-state index in [1.807, 2.05) is 0 Å². The number of aromatic nitrogens is 3. The second kappa shape index (κ2) is 5.05. The number of nitrogens with one attached hydrogen (secondary N) is 1. The van der Waals surface area contributed by atoms with Crippen LogP contribution in [0, 0.1) is 5.82 Å². The Morgan fingerprint density at radius 2 is 2.28 bits per heavy atom. The van der Waals surface area contributed by atoms with Crippen LogP contribution in [0.2, 0.25) is 0 Å². The molecule has 0 aliphatic rings. The van der Waals surface area contributed by atoms with Gasteiger partial charge in [0.1, 0.15) is 5.82 Å². The standard InChI is InChI=1S/C10H10FN5OS/c11-7-3-5(8(12)17)1-2-6(7)4-18-10-14-9(13)15-16-10/h1-3H,4H2,(H2,12,17)(H3,13,14,15,16). The van der Waals surface area contributed by atoms with Crippen molar-refractivity contribution in [1.29, 1.82) is 0 Å². The SMILES string of the molecule is NC(=O)c1ccc(CSc2n[nH]c(N)n2)c(F)c1. The first-order valence-corrected chi connectivity index (χ1v) is 5.93. The van der Waals surface area contributed by atoms with Gasteiger partial charge in [0.25, 0.3) is 0 Å². The average Bonchev–Trinajstić information content (AvgIpc) is 2.73. The van der Waals surface area contributed by atoms with E-state index in [1.54, 1.807) is 0 Å². The number of thioether (sulfide) groups is 1. The van der Waals surface area contributed by atoms with Gasteiger partial charge in [-0.1, -0.05) is 17.8 Å². The summed E-state index contributed by atoms with van der Waals surface area (Å²) in [4.78, 5) is 14.7. The lowest BCUT2D eigenvalue weighted by atomic mass is 10.1. The maximum Gasteiger partial charge on any atom is 0.248 e. The molecule has 1 aromatic carbocycles. The number of halogens is 1. The van der Waals surface area contributed by atoms with Crippen molar-refractivity contribution in [2.24, 2.45) is 5.73 Å². The highest BCUT2D eigenvalue weighted by Crippen LogP contribution is 2.21. The predicted molar refractivity (Wildman–Crippen MR) is 65.3 cm³/mol. The first-order valence-electron chi connectivity index (χ1n) is 4.95. The molecular formula is C10H10FN5OS. The van der Waals surface area contributed by atoms with E-state index in [2.05, 4.69) is 15.2 Å². The topological polar surface area (TPSA) is 111 Å². The molecule has 0 unspecified atom stereocenters. The molecule has 5 N–H and O–H groups in total. The van der Waals surface area contributed by atoms with E-state index in [4.69, 9.17) is 11.5 Å². The van der Waals surface area contributed by atoms with Gasteiger partial charge < -0.3 is 11.5 Å². The molecule has 1 heterocycles. The first kappa shape index (κ1) is 12.4. The summed E-state index contributed by atoms with van der Waals surface area (Å²) in [6, 6.07) is 4.11. The summed E-state index contributed by atoms with van der Waals surface area (Å²) >= 11 is 1.23. The van der Waals surface area contributed by atoms with E-state index in [-0.39, 0.29) is 11.5 Å². The third-order valence-electron chi connectivity index (χ3n) is 2.18. The number of primary amides is 1. The van der Waals surface area contributed by atoms with Gasteiger partial charge in [-0.25, -0.2) is 9.49 Å². The molecule has 2 rings (SSSR count). The molecule has 94 valence electrons. The summed E-state index contributed by atoms with van der Waals surface area (Å²) in [6.07, 6.45) is 0. The Labute approximate surface area is 106 Å². The molecule has 2 aromatic rings. The third kappa shape index (κ3) is 2.77. The van der Waals surface area contributed by atoms with E-state index >= 15 is 0 Å². The minimum Gasteiger partial charge on any atom is -0.368 e. The van der Waals surface area contributed by atoms with Crippen molar-refractivity contribution >= 4 is 23.6 Å². The fourth-order valence-electron chi connectivity index (χ4n) is 1.28. The third-order valence-corrected chi connectivity index (χ3v) is 3.07. The quantitative estimate of drug-likeness (QED) is 0.713. The van der Waals surface area contributed by atoms with Gasteiger partial charge in [-0.2, -0.15) is 4.98 Å². The van der Waals surface area contributed by atoms with Crippen molar-refractivity contribution in [2.75, 3.05) is 5.73 Å². The predicted octanol–water partition coefficient (Wildman–Crippen LogP) is 0.917. The molecule has 0 saturated heterocycles. The molecule has 0 saturated carbocycles. The monoisotopic (exact) mass is 267 g/mol. The van der Waals surface area contributed by atoms with Gasteiger partial charge in [0.15, 0.2) is 0 Å². The summed E-state index contributed by atoms with van der Waals surface area (Å²) in [6.45, 7) is 0. The Balaban J connectivity index is 2.08. The highest BCUT2D eigenvalue weighted by atomic mass is 32.2. The zero-order chi connectivity index (χ0) is 13.1. The van der Waals surface area contributed by atoms with Gasteiger partial charge in [-0.3, -0.25) is 4.79 Å². The van der Waals surface area contributed by atoms with Crippen LogP contribution in [0.25, 0.3) is 0 Å². The summed E-state index contributed by atoms with van der Waals surface area (Å²) in [5.41, 5.74) is 11.0. The van der Waals surface area contributed by atoms with Gasteiger partial charge in [0, 0.05) is 11.3 Å². The number of anilines is 1. The van der Waals surface area contributed by atoms with E-state index in [0.717, 1.165) is 6.07 Å². The van der Waals surface area contributed by atoms with Gasteiger partial charge >= 0.3 is 0 Å². The number of benzene rings is 1. The lowest BCUT2D eigenvalue weighted by molar-refractivity contribution is 0.1000. The lowest BCUT2D eigenvalue weighted by Gasteiger charge is -2.02. The van der Waals surface area contributed by atoms with Gasteiger partial charge in [-0.05, 0) is 17.7 Å². The molecule has 0 radical (unpaired) electrons. The molecule has 0 aliphatic heterocycles. The molecule has 18 heavy (non-hydrogen) atoms. The second-order valence-electron chi connectivity index (χ2n) is 3.46. The number of hydrogen-bond donors (Lipinski definition) is 3. The number of nitrogen functional groups attached to an aromatic ring is 1. The van der Waals surface area contributed by atoms with Crippen LogP contribution < -0.4 is 11.5 Å². The number of aromatic amines is 1. The molecule has 1 amide bonds. The van der Waals surface area contributed by atoms with Crippen LogP contribution in [0.5, 0.6) is 0 Å². The van der Waals surface area contributed by atoms with Crippen LogP contribution in [0.1, 0.15) is 15.9 Å². The second-order valence-corrected chi connectivity index (χ2v) is 4.40. The summed E-state index contributed by atoms with van der Waals surface area (Å²) in [7, 11) is 0. The molecule has 0 bridgehead atoms. The van der Waals surface area contributed by atoms with Crippen molar-refractivity contribution in [3.05, 3.63) is 35.1 Å². The van der Waals surface area contributed by atoms with Crippen LogP contribution in [0.3, 0.4) is 0 Å². The first-order chi connectivity index (χ1) is 8.56. The van der Waals surface area contributed by atoms with Crippen molar-refractivity contribution in [2.45, 2.75) is 10.9 Å². The summed E-state index contributed by atoms with van der Waals surface area (Å²) in [5, 5.41) is 6.73. The van der Waals surface area contributed by atoms with E-state index in [9.17, 15) is 9.18 Å². The number of amides is 1. The average molecular weight is 267 g/mol. The number of rotatable bonds is 4. The van der Waals surface area contributed by atoms with Crippen LogP contribution in [0.4, 0.5) is 10.3 Å². The lowest BCUT2D eigenvalue weighted by Crippen LogP contribution is -2.11. The molecular weight excluding hydrogens is 257 g/mol. The van der Waals surface area contributed by atoms with Crippen LogP contribution in [0.15, 0.2) is 23.4 Å². The van der Waals surface area contributed by atoms with Crippen molar-refractivity contribution in [3.8, 4) is 0 Å². The van der Waals surface area contributed by atoms with E-state index in [1.165, 1.54) is 23.9 Å². The Kier molecular flexibility index (Phi) is 3.47. The van der Waals surface area contributed by atoms with Crippen LogP contribution >= 0.6 is 11.8 Å². The number of nitrogens with two attached hydrogens (primary N) is 2. The maximum atomic E-state index is 13.6. The minimum absolute atomic E-state index is 0.142. The fourth-order valence-corrected chi connectivity index (χ4v) is 2.07. The number of nitrogens with zero attached hydrogens (tertiary/aromatic N) is 2. The zero-order valence-electron chi connectivity index (χ0n) is 9.18. The van der Waals surface area contributed by atoms with Crippen molar-refractivity contribution in [3.63, 3.8) is 0 Å². The van der Waals surface area contributed by atoms with E-state index < -0.39 is 11.7 Å². The van der Waals surface area contributed by atoms with Crippen LogP contribution in [-0.2, 0) is 5.75 Å². The zero-order valence-corrected chi connectivity index (χ0v) is 10.00. The maximum absolute atomic E-state index is 13.6. The molecule has 1 aromatic heterocycles. The van der Waals surface area contributed by atoms with Crippen molar-refractivity contribution < 1.29 is 9.18 Å². The van der Waals surface area contributed by atoms with Gasteiger partial charge in [0.2, 0.25) is 17.0 Å². The smallest absolute Gasteiger partial charge is 0.248 e. The minimum atomic E-state index is -0.658. The normalized spacial score (nSPS) is 10.5. The highest BCUT2D eigenvalue weighted by Gasteiger charge is 2.09. The fraction of sp³-hybridized carbons (Fsp3) is 0.100. The summed E-state index contributed by atoms with van der Waals surface area (Å²) < 4.78 is 13.6. The molecule has 0 atom stereocenters. The van der Waals surface area contributed by atoms with E-state index in [0.29, 0.717) is 16.5 Å². The molecule has 0 aliphatic carbocycles. The Hall–Kier alpha value is -2.09. The van der Waals surface area contributed by atoms with Gasteiger partial charge in [0.05, 0.1) is 0 Å². The molecule has 0 fully saturated rings.